The summed E-state index contributed by atoms with van der Waals surface area (Å²) < 4.78 is 7.53. The minimum atomic E-state index is 0. The van der Waals surface area contributed by atoms with Crippen LogP contribution >= 0.6 is 0 Å². The van der Waals surface area contributed by atoms with Gasteiger partial charge in [0.15, 0.2) is 5.82 Å². The van der Waals surface area contributed by atoms with Crippen molar-refractivity contribution in [2.45, 2.75) is 19.8 Å². The summed E-state index contributed by atoms with van der Waals surface area (Å²) in [7, 11) is 1.62. The molecule has 0 amide bonds. The Morgan fingerprint density at radius 3 is 2.27 bits per heavy atom. The Bertz CT molecular complexity index is 1630. The van der Waals surface area contributed by atoms with Crippen molar-refractivity contribution in [3.63, 3.8) is 0 Å². The standard InChI is InChI=1S/C35H41N6O2.C5H5.Fe/c1-26-25-41-31-12-6-5-11-30(31)38-35(34(41)33(26)27-9-3-4-10-27)37-16-8-18-40-21-19-39(20-22-40)17-7-15-36-24-28-23-29(43-2)13-14-32(28)42;1-2-4-5-3-1;/h3-6,9-14,23-25,42H,7-8,15-22H2,1-2H3,(H,37,38);1-5H;/q;;+2. The van der Waals surface area contributed by atoms with Crippen molar-refractivity contribution in [1.82, 2.24) is 19.2 Å². The van der Waals surface area contributed by atoms with Crippen LogP contribution < -0.4 is 10.1 Å². The molecule has 0 atom stereocenters. The van der Waals surface area contributed by atoms with Crippen LogP contribution in [0, 0.1) is 70.6 Å². The average molecular weight is 699 g/mol. The number of aliphatic imine (C=N–C) groups is 1. The Balaban J connectivity index is 0.000000717. The van der Waals surface area contributed by atoms with Crippen molar-refractivity contribution in [2.75, 3.05) is 64.8 Å². The molecule has 10 radical (unpaired) electrons. The summed E-state index contributed by atoms with van der Waals surface area (Å²) in [4.78, 5) is 14.7. The zero-order valence-corrected chi connectivity index (χ0v) is 29.5. The predicted octanol–water partition coefficient (Wildman–Crippen LogP) is 6.21. The Hall–Kier alpha value is -3.10. The molecule has 0 unspecified atom stereocenters. The van der Waals surface area contributed by atoms with Crippen LogP contribution in [-0.2, 0) is 17.1 Å². The van der Waals surface area contributed by atoms with Crippen molar-refractivity contribution in [2.24, 2.45) is 4.99 Å². The first-order chi connectivity index (χ1) is 23.6. The fraction of sp³-hybridized carbons (Fsp3) is 0.300. The molecule has 8 nitrogen and oxygen atoms in total. The Kier molecular flexibility index (Phi) is 14.2. The molecular formula is C40H46FeN6O2+2. The zero-order chi connectivity index (χ0) is 33.1. The molecule has 3 heterocycles. The molecule has 2 aromatic heterocycles. The number of anilines is 1. The number of aromatic nitrogens is 2. The molecule has 2 N–H and O–H groups in total. The van der Waals surface area contributed by atoms with E-state index < -0.39 is 0 Å². The fourth-order valence-electron chi connectivity index (χ4n) is 6.39. The number of benzene rings is 2. The number of rotatable bonds is 12. The number of methoxy groups -OCH3 is 1. The summed E-state index contributed by atoms with van der Waals surface area (Å²) in [5.74, 6) is 3.13. The summed E-state index contributed by atoms with van der Waals surface area (Å²) >= 11 is 0. The van der Waals surface area contributed by atoms with Crippen molar-refractivity contribution in [3.05, 3.63) is 129 Å². The van der Waals surface area contributed by atoms with Gasteiger partial charge in [0.25, 0.3) is 0 Å². The second kappa shape index (κ2) is 18.8. The van der Waals surface area contributed by atoms with Crippen molar-refractivity contribution < 1.29 is 26.9 Å². The Labute approximate surface area is 303 Å². The number of phenolic OH excluding ortho intramolecular Hbond substituents is 1. The number of aryl methyl sites for hydroxylation is 1. The number of nitrogens with one attached hydrogen (secondary N) is 1. The minimum absolute atomic E-state index is 0. The molecule has 1 saturated heterocycles. The second-order valence-electron chi connectivity index (χ2n) is 12.3. The Morgan fingerprint density at radius 2 is 1.57 bits per heavy atom. The average Bonchev–Trinajstić information content (AvgIpc) is 3.92. The van der Waals surface area contributed by atoms with E-state index >= 15 is 0 Å². The maximum Gasteiger partial charge on any atom is 2.00 e. The van der Waals surface area contributed by atoms with Crippen LogP contribution in [0.1, 0.15) is 29.5 Å². The van der Waals surface area contributed by atoms with Gasteiger partial charge in [0, 0.05) is 63.2 Å². The minimum Gasteiger partial charge on any atom is -0.507 e. The second-order valence-corrected chi connectivity index (χ2v) is 12.3. The fourth-order valence-corrected chi connectivity index (χ4v) is 6.39. The third kappa shape index (κ3) is 9.78. The van der Waals surface area contributed by atoms with E-state index in [1.54, 1.807) is 31.5 Å². The summed E-state index contributed by atoms with van der Waals surface area (Å²) in [5, 5.41) is 13.7. The number of piperazine rings is 1. The van der Waals surface area contributed by atoms with Gasteiger partial charge < -0.3 is 29.4 Å². The van der Waals surface area contributed by atoms with E-state index in [1.807, 2.05) is 32.1 Å². The van der Waals surface area contributed by atoms with E-state index in [1.165, 1.54) is 17.0 Å². The van der Waals surface area contributed by atoms with E-state index in [4.69, 9.17) is 9.72 Å². The van der Waals surface area contributed by atoms with Gasteiger partial charge in [-0.2, -0.15) is 0 Å². The molecule has 49 heavy (non-hydrogen) atoms. The summed E-state index contributed by atoms with van der Waals surface area (Å²) in [6, 6.07) is 13.6. The number of hydrogen-bond acceptors (Lipinski definition) is 7. The van der Waals surface area contributed by atoms with E-state index in [-0.39, 0.29) is 22.8 Å². The number of aromatic hydroxyl groups is 1. The van der Waals surface area contributed by atoms with Crippen LogP contribution in [0.3, 0.4) is 0 Å². The number of hydrogen-bond donors (Lipinski definition) is 2. The Morgan fingerprint density at radius 1 is 0.898 bits per heavy atom. The molecule has 3 aliphatic rings. The van der Waals surface area contributed by atoms with Crippen LogP contribution in [-0.4, -0.2) is 90.0 Å². The van der Waals surface area contributed by atoms with E-state index in [9.17, 15) is 5.11 Å². The van der Waals surface area contributed by atoms with Crippen LogP contribution in [0.4, 0.5) is 5.82 Å². The SMILES string of the molecule is COc1ccc(O)c(C=NCCCN2CCN(CCCNc3nc4ccccc4n4cc(C)c([C]5[CH][CH][CH][CH]5)c34)CC2)c1.[CH]1[CH][CH][CH][CH]1.[Fe+2]. The van der Waals surface area contributed by atoms with Gasteiger partial charge in [-0.1, -0.05) is 12.1 Å². The smallest absolute Gasteiger partial charge is 0.507 e. The van der Waals surface area contributed by atoms with Crippen LogP contribution in [0.15, 0.2) is 53.7 Å². The maximum absolute atomic E-state index is 10.0. The first-order valence-electron chi connectivity index (χ1n) is 17.0. The number of para-hydroxylation sites is 2. The van der Waals surface area contributed by atoms with Crippen molar-refractivity contribution in [1.29, 1.82) is 0 Å². The van der Waals surface area contributed by atoms with Gasteiger partial charge in [-0.15, -0.1) is 0 Å². The van der Waals surface area contributed by atoms with E-state index in [2.05, 4.69) is 87.6 Å². The van der Waals surface area contributed by atoms with Crippen LogP contribution in [0.2, 0.25) is 0 Å². The number of fused-ring (bicyclic) bond motifs is 3. The molecule has 2 aliphatic carbocycles. The summed E-state index contributed by atoms with van der Waals surface area (Å²) in [5.41, 5.74) is 6.49. The molecule has 0 bridgehead atoms. The molecule has 2 saturated carbocycles. The third-order valence-electron chi connectivity index (χ3n) is 8.93. The van der Waals surface area contributed by atoms with Crippen LogP contribution in [0.5, 0.6) is 11.5 Å². The molecule has 254 valence electrons. The van der Waals surface area contributed by atoms with Gasteiger partial charge >= 0.3 is 17.1 Å². The number of ether oxygens (including phenoxy) is 1. The molecular weight excluding hydrogens is 652 g/mol. The van der Waals surface area contributed by atoms with Gasteiger partial charge in [0.05, 0.1) is 23.7 Å². The predicted molar refractivity (Wildman–Crippen MR) is 196 cm³/mol. The molecule has 1 aliphatic heterocycles. The topological polar surface area (TPSA) is 77.6 Å². The zero-order valence-electron chi connectivity index (χ0n) is 28.4. The molecule has 3 fully saturated rings. The monoisotopic (exact) mass is 698 g/mol. The van der Waals surface area contributed by atoms with E-state index in [0.717, 1.165) is 93.3 Å². The molecule has 4 aromatic rings. The van der Waals surface area contributed by atoms with Gasteiger partial charge in [-0.3, -0.25) is 4.99 Å². The normalized spacial score (nSPS) is 17.4. The van der Waals surface area contributed by atoms with Gasteiger partial charge in [-0.05, 0) is 132 Å². The molecule has 2 aromatic carbocycles. The van der Waals surface area contributed by atoms with Crippen molar-refractivity contribution >= 4 is 28.6 Å². The third-order valence-corrected chi connectivity index (χ3v) is 8.93. The summed E-state index contributed by atoms with van der Waals surface area (Å²) in [6.07, 6.45) is 24.6. The number of nitrogens with zero attached hydrogens (tertiary/aromatic N) is 5. The van der Waals surface area contributed by atoms with Gasteiger partial charge in [-0.25, -0.2) is 4.98 Å². The largest absolute Gasteiger partial charge is 2.00 e. The van der Waals surface area contributed by atoms with Gasteiger partial charge in [0.2, 0.25) is 0 Å². The molecule has 9 heteroatoms. The summed E-state index contributed by atoms with van der Waals surface area (Å²) in [6.45, 7) is 10.3. The first kappa shape index (κ1) is 37.2. The molecule has 0 spiro atoms. The van der Waals surface area contributed by atoms with Gasteiger partial charge in [0.1, 0.15) is 11.5 Å². The van der Waals surface area contributed by atoms with E-state index in [0.29, 0.717) is 5.56 Å². The van der Waals surface area contributed by atoms with Crippen molar-refractivity contribution in [3.8, 4) is 11.5 Å². The first-order valence-corrected chi connectivity index (χ1v) is 17.0. The number of phenols is 1. The molecule has 7 rings (SSSR count). The quantitative estimate of drug-likeness (QED) is 0.104. The maximum atomic E-state index is 10.0. The van der Waals surface area contributed by atoms with Crippen LogP contribution in [0.25, 0.3) is 16.6 Å².